The largest absolute Gasteiger partial charge is 0.452 e. The third kappa shape index (κ3) is 4.06. The van der Waals surface area contributed by atoms with Crippen LogP contribution >= 0.6 is 0 Å². The molecule has 5 heteroatoms. The predicted molar refractivity (Wildman–Crippen MR) is 74.2 cm³/mol. The van der Waals surface area contributed by atoms with Gasteiger partial charge in [0, 0.05) is 25.3 Å². The summed E-state index contributed by atoms with van der Waals surface area (Å²) in [7, 11) is 0. The van der Waals surface area contributed by atoms with Crippen LogP contribution in [0.15, 0.2) is 30.9 Å². The van der Waals surface area contributed by atoms with Gasteiger partial charge in [-0.05, 0) is 18.6 Å². The first-order chi connectivity index (χ1) is 9.17. The molecule has 0 aliphatic heterocycles. The lowest BCUT2D eigenvalue weighted by Gasteiger charge is -2.09. The number of nitrogens with one attached hydrogen (secondary N) is 1. The molecule has 2 aromatic rings. The quantitative estimate of drug-likeness (QED) is 0.867. The number of nitrogens with zero attached hydrogens (tertiary/aromatic N) is 3. The van der Waals surface area contributed by atoms with Crippen LogP contribution in [-0.2, 0) is 13.1 Å². The van der Waals surface area contributed by atoms with E-state index in [1.807, 2.05) is 30.1 Å². The summed E-state index contributed by atoms with van der Waals surface area (Å²) in [4.78, 5) is 4.19. The molecule has 0 atom stereocenters. The van der Waals surface area contributed by atoms with Crippen LogP contribution in [0.1, 0.15) is 26.3 Å². The van der Waals surface area contributed by atoms with Gasteiger partial charge < -0.3 is 10.1 Å². The van der Waals surface area contributed by atoms with Crippen LogP contribution in [0.2, 0.25) is 0 Å². The minimum atomic E-state index is 0.451. The fourth-order valence-electron chi connectivity index (χ4n) is 1.64. The lowest BCUT2D eigenvalue weighted by atomic mass is 10.2. The molecule has 0 aliphatic rings. The molecule has 102 valence electrons. The average molecular weight is 260 g/mol. The molecule has 2 aromatic heterocycles. The molecule has 0 radical (unpaired) electrons. The van der Waals surface area contributed by atoms with E-state index in [4.69, 9.17) is 4.74 Å². The van der Waals surface area contributed by atoms with Crippen LogP contribution in [0.5, 0.6) is 11.5 Å². The van der Waals surface area contributed by atoms with Gasteiger partial charge in [0.15, 0.2) is 5.75 Å². The van der Waals surface area contributed by atoms with Crippen molar-refractivity contribution in [2.45, 2.75) is 39.9 Å². The maximum absolute atomic E-state index is 5.73. The zero-order chi connectivity index (χ0) is 13.7. The standard InChI is InChI=1S/C14H20N4O/c1-4-18-10-14(9-17-18)19-13-5-12(6-15-8-13)7-16-11(2)3/h5-6,8-11,16H,4,7H2,1-3H3. The Labute approximate surface area is 113 Å². The van der Waals surface area contributed by atoms with Crippen LogP contribution in [-0.4, -0.2) is 20.8 Å². The average Bonchev–Trinajstić information content (AvgIpc) is 2.84. The Balaban J connectivity index is 2.02. The summed E-state index contributed by atoms with van der Waals surface area (Å²) in [6.45, 7) is 7.90. The summed E-state index contributed by atoms with van der Waals surface area (Å²) in [6, 6.07) is 2.44. The monoisotopic (exact) mass is 260 g/mol. The zero-order valence-corrected chi connectivity index (χ0v) is 11.6. The van der Waals surface area contributed by atoms with E-state index in [9.17, 15) is 0 Å². The molecule has 0 aromatic carbocycles. The molecule has 0 bridgehead atoms. The second kappa shape index (κ2) is 6.33. The molecule has 1 N–H and O–H groups in total. The Morgan fingerprint density at radius 1 is 1.26 bits per heavy atom. The van der Waals surface area contributed by atoms with E-state index in [-0.39, 0.29) is 0 Å². The summed E-state index contributed by atoms with van der Waals surface area (Å²) in [5.41, 5.74) is 1.11. The van der Waals surface area contributed by atoms with Crippen LogP contribution in [0.3, 0.4) is 0 Å². The van der Waals surface area contributed by atoms with Crippen molar-refractivity contribution < 1.29 is 4.74 Å². The number of pyridine rings is 1. The maximum atomic E-state index is 5.73. The van der Waals surface area contributed by atoms with Crippen molar-refractivity contribution in [3.8, 4) is 11.5 Å². The molecule has 0 saturated carbocycles. The Hall–Kier alpha value is -1.88. The first-order valence-corrected chi connectivity index (χ1v) is 6.55. The minimum absolute atomic E-state index is 0.451. The molecule has 0 spiro atoms. The van der Waals surface area contributed by atoms with E-state index in [0.717, 1.165) is 30.2 Å². The fourth-order valence-corrected chi connectivity index (χ4v) is 1.64. The highest BCUT2D eigenvalue weighted by atomic mass is 16.5. The first kappa shape index (κ1) is 13.5. The summed E-state index contributed by atoms with van der Waals surface area (Å²) >= 11 is 0. The van der Waals surface area contributed by atoms with E-state index < -0.39 is 0 Å². The lowest BCUT2D eigenvalue weighted by molar-refractivity contribution is 0.477. The van der Waals surface area contributed by atoms with E-state index in [2.05, 4.69) is 29.2 Å². The van der Waals surface area contributed by atoms with Gasteiger partial charge in [-0.25, -0.2) is 0 Å². The van der Waals surface area contributed by atoms with Gasteiger partial charge in [-0.2, -0.15) is 5.10 Å². The molecular formula is C14H20N4O. The fraction of sp³-hybridized carbons (Fsp3) is 0.429. The van der Waals surface area contributed by atoms with E-state index >= 15 is 0 Å². The van der Waals surface area contributed by atoms with Crippen molar-refractivity contribution in [1.29, 1.82) is 0 Å². The van der Waals surface area contributed by atoms with Crippen LogP contribution in [0, 0.1) is 0 Å². The maximum Gasteiger partial charge on any atom is 0.165 e. The topological polar surface area (TPSA) is 52.0 Å². The van der Waals surface area contributed by atoms with Gasteiger partial charge in [0.25, 0.3) is 0 Å². The first-order valence-electron chi connectivity index (χ1n) is 6.55. The van der Waals surface area contributed by atoms with Gasteiger partial charge in [0.2, 0.25) is 0 Å². The van der Waals surface area contributed by atoms with Crippen molar-refractivity contribution in [2.24, 2.45) is 0 Å². The normalized spacial score (nSPS) is 10.9. The highest BCUT2D eigenvalue weighted by Gasteiger charge is 2.03. The van der Waals surface area contributed by atoms with Gasteiger partial charge in [-0.15, -0.1) is 0 Å². The van der Waals surface area contributed by atoms with Crippen LogP contribution in [0.25, 0.3) is 0 Å². The highest BCUT2D eigenvalue weighted by molar-refractivity contribution is 5.28. The minimum Gasteiger partial charge on any atom is -0.452 e. The van der Waals surface area contributed by atoms with E-state index in [1.165, 1.54) is 0 Å². The Morgan fingerprint density at radius 3 is 2.79 bits per heavy atom. The Kier molecular flexibility index (Phi) is 4.52. The second-order valence-corrected chi connectivity index (χ2v) is 4.70. The number of rotatable bonds is 6. The number of aryl methyl sites for hydroxylation is 1. The number of ether oxygens (including phenoxy) is 1. The van der Waals surface area contributed by atoms with Crippen molar-refractivity contribution in [2.75, 3.05) is 0 Å². The molecule has 0 amide bonds. The number of aromatic nitrogens is 3. The summed E-state index contributed by atoms with van der Waals surface area (Å²) in [5.74, 6) is 1.47. The van der Waals surface area contributed by atoms with Crippen molar-refractivity contribution in [3.63, 3.8) is 0 Å². The van der Waals surface area contributed by atoms with E-state index in [1.54, 1.807) is 12.4 Å². The summed E-state index contributed by atoms with van der Waals surface area (Å²) in [6.07, 6.45) is 7.14. The number of hydrogen-bond acceptors (Lipinski definition) is 4. The summed E-state index contributed by atoms with van der Waals surface area (Å²) < 4.78 is 7.56. The third-order valence-corrected chi connectivity index (χ3v) is 2.65. The predicted octanol–water partition coefficient (Wildman–Crippen LogP) is 2.59. The SMILES string of the molecule is CCn1cc(Oc2cncc(CNC(C)C)c2)cn1. The highest BCUT2D eigenvalue weighted by Crippen LogP contribution is 2.20. The third-order valence-electron chi connectivity index (χ3n) is 2.65. The molecule has 2 rings (SSSR count). The van der Waals surface area contributed by atoms with Gasteiger partial charge in [0.1, 0.15) is 5.75 Å². The molecular weight excluding hydrogens is 240 g/mol. The van der Waals surface area contributed by atoms with Gasteiger partial charge >= 0.3 is 0 Å². The lowest BCUT2D eigenvalue weighted by Crippen LogP contribution is -2.21. The molecule has 0 aliphatic carbocycles. The number of hydrogen-bond donors (Lipinski definition) is 1. The van der Waals surface area contributed by atoms with Crippen LogP contribution in [0.4, 0.5) is 0 Å². The Bertz CT molecular complexity index is 522. The second-order valence-electron chi connectivity index (χ2n) is 4.70. The van der Waals surface area contributed by atoms with Crippen LogP contribution < -0.4 is 10.1 Å². The van der Waals surface area contributed by atoms with E-state index in [0.29, 0.717) is 6.04 Å². The molecule has 0 saturated heterocycles. The van der Waals surface area contributed by atoms with Crippen molar-refractivity contribution >= 4 is 0 Å². The Morgan fingerprint density at radius 2 is 2.11 bits per heavy atom. The molecule has 0 unspecified atom stereocenters. The van der Waals surface area contributed by atoms with Gasteiger partial charge in [0.05, 0.1) is 18.6 Å². The molecule has 2 heterocycles. The zero-order valence-electron chi connectivity index (χ0n) is 11.6. The van der Waals surface area contributed by atoms with Gasteiger partial charge in [-0.3, -0.25) is 9.67 Å². The summed E-state index contributed by atoms with van der Waals surface area (Å²) in [5, 5.41) is 7.53. The molecule has 19 heavy (non-hydrogen) atoms. The van der Waals surface area contributed by atoms with Crippen molar-refractivity contribution in [3.05, 3.63) is 36.4 Å². The van der Waals surface area contributed by atoms with Gasteiger partial charge in [-0.1, -0.05) is 13.8 Å². The smallest absolute Gasteiger partial charge is 0.165 e. The van der Waals surface area contributed by atoms with Crippen molar-refractivity contribution in [1.82, 2.24) is 20.1 Å². The molecule has 0 fully saturated rings. The molecule has 5 nitrogen and oxygen atoms in total.